The molecule has 0 spiro atoms. The first-order valence-corrected chi connectivity index (χ1v) is 7.38. The van der Waals surface area contributed by atoms with Crippen molar-refractivity contribution in [3.8, 4) is 0 Å². The third-order valence-corrected chi connectivity index (χ3v) is 4.11. The van der Waals surface area contributed by atoms with E-state index < -0.39 is 10.0 Å². The highest BCUT2D eigenvalue weighted by Crippen LogP contribution is 2.18. The molecule has 0 heterocycles. The average molecular weight is 234 g/mol. The molecular formula is C10H22N2O2S. The molecular weight excluding hydrogens is 212 g/mol. The molecule has 1 fully saturated rings. The Bertz CT molecular complexity index is 271. The standard InChI is InChI=1S/C10H22N2O2S/c1-9(2)11-7-4-8-15(13,14)12-10-5-3-6-10/h9-12H,3-8H2,1-2H3. The Morgan fingerprint density at radius 2 is 2.00 bits per heavy atom. The summed E-state index contributed by atoms with van der Waals surface area (Å²) >= 11 is 0. The van der Waals surface area contributed by atoms with Gasteiger partial charge < -0.3 is 5.32 Å². The van der Waals surface area contributed by atoms with Gasteiger partial charge in [0.05, 0.1) is 5.75 Å². The number of sulfonamides is 1. The first-order valence-electron chi connectivity index (χ1n) is 5.73. The molecule has 90 valence electrons. The van der Waals surface area contributed by atoms with Crippen molar-refractivity contribution in [2.45, 2.75) is 51.6 Å². The normalized spacial score (nSPS) is 18.1. The highest BCUT2D eigenvalue weighted by molar-refractivity contribution is 7.89. The smallest absolute Gasteiger partial charge is 0.211 e. The number of rotatable bonds is 7. The van der Waals surface area contributed by atoms with Crippen LogP contribution in [0.4, 0.5) is 0 Å². The molecule has 0 aromatic heterocycles. The van der Waals surface area contributed by atoms with E-state index in [1.54, 1.807) is 0 Å². The van der Waals surface area contributed by atoms with Crippen LogP contribution in [0.15, 0.2) is 0 Å². The summed E-state index contributed by atoms with van der Waals surface area (Å²) in [4.78, 5) is 0. The molecule has 0 aromatic rings. The highest BCUT2D eigenvalue weighted by atomic mass is 32.2. The summed E-state index contributed by atoms with van der Waals surface area (Å²) in [5.41, 5.74) is 0. The van der Waals surface area contributed by atoms with Crippen LogP contribution < -0.4 is 10.0 Å². The molecule has 4 nitrogen and oxygen atoms in total. The van der Waals surface area contributed by atoms with Crippen LogP contribution in [-0.2, 0) is 10.0 Å². The Labute approximate surface area is 92.9 Å². The van der Waals surface area contributed by atoms with Gasteiger partial charge in [0.25, 0.3) is 0 Å². The third-order valence-electron chi connectivity index (χ3n) is 2.59. The first kappa shape index (κ1) is 12.9. The van der Waals surface area contributed by atoms with E-state index >= 15 is 0 Å². The van der Waals surface area contributed by atoms with Crippen molar-refractivity contribution >= 4 is 10.0 Å². The van der Waals surface area contributed by atoms with Crippen LogP contribution in [-0.4, -0.2) is 32.8 Å². The van der Waals surface area contributed by atoms with Crippen LogP contribution in [0.2, 0.25) is 0 Å². The van der Waals surface area contributed by atoms with Crippen LogP contribution in [0.5, 0.6) is 0 Å². The molecule has 1 saturated carbocycles. The second kappa shape index (κ2) is 5.82. The van der Waals surface area contributed by atoms with E-state index in [1.807, 2.05) is 0 Å². The van der Waals surface area contributed by atoms with Crippen molar-refractivity contribution in [1.82, 2.24) is 10.0 Å². The molecule has 0 aliphatic heterocycles. The van der Waals surface area contributed by atoms with Gasteiger partial charge in [0.15, 0.2) is 0 Å². The topological polar surface area (TPSA) is 58.2 Å². The Morgan fingerprint density at radius 3 is 2.47 bits per heavy atom. The van der Waals surface area contributed by atoms with E-state index in [0.29, 0.717) is 12.5 Å². The van der Waals surface area contributed by atoms with Crippen LogP contribution in [0.1, 0.15) is 39.5 Å². The van der Waals surface area contributed by atoms with Crippen LogP contribution in [0.3, 0.4) is 0 Å². The predicted molar refractivity (Wildman–Crippen MR) is 62.3 cm³/mol. The molecule has 0 unspecified atom stereocenters. The van der Waals surface area contributed by atoms with Crippen molar-refractivity contribution in [2.24, 2.45) is 0 Å². The fourth-order valence-corrected chi connectivity index (χ4v) is 2.88. The lowest BCUT2D eigenvalue weighted by atomic mass is 9.94. The van der Waals surface area contributed by atoms with Crippen molar-refractivity contribution in [3.05, 3.63) is 0 Å². The maximum atomic E-state index is 11.5. The van der Waals surface area contributed by atoms with Gasteiger partial charge >= 0.3 is 0 Å². The fraction of sp³-hybridized carbons (Fsp3) is 1.00. The fourth-order valence-electron chi connectivity index (χ4n) is 1.49. The number of hydrogen-bond acceptors (Lipinski definition) is 3. The van der Waals surface area contributed by atoms with Crippen molar-refractivity contribution in [1.29, 1.82) is 0 Å². The zero-order valence-electron chi connectivity index (χ0n) is 9.62. The van der Waals surface area contributed by atoms with Crippen LogP contribution >= 0.6 is 0 Å². The van der Waals surface area contributed by atoms with Gasteiger partial charge in [0.2, 0.25) is 10.0 Å². The van der Waals surface area contributed by atoms with Gasteiger partial charge in [-0.05, 0) is 25.8 Å². The van der Waals surface area contributed by atoms with Gasteiger partial charge in [-0.2, -0.15) is 0 Å². The van der Waals surface area contributed by atoms with Gasteiger partial charge in [-0.15, -0.1) is 0 Å². The van der Waals surface area contributed by atoms with Crippen molar-refractivity contribution in [2.75, 3.05) is 12.3 Å². The summed E-state index contributed by atoms with van der Waals surface area (Å²) in [6, 6.07) is 0.639. The lowest BCUT2D eigenvalue weighted by Gasteiger charge is -2.26. The second-order valence-electron chi connectivity index (χ2n) is 4.53. The lowest BCUT2D eigenvalue weighted by molar-refractivity contribution is 0.383. The minimum Gasteiger partial charge on any atom is -0.314 e. The molecule has 15 heavy (non-hydrogen) atoms. The van der Waals surface area contributed by atoms with E-state index in [-0.39, 0.29) is 11.8 Å². The average Bonchev–Trinajstić information content (AvgIpc) is 2.06. The molecule has 0 atom stereocenters. The largest absolute Gasteiger partial charge is 0.314 e. The maximum Gasteiger partial charge on any atom is 0.211 e. The summed E-state index contributed by atoms with van der Waals surface area (Å²) in [6.45, 7) is 4.88. The molecule has 0 amide bonds. The zero-order valence-corrected chi connectivity index (χ0v) is 10.4. The van der Waals surface area contributed by atoms with Crippen molar-refractivity contribution < 1.29 is 8.42 Å². The van der Waals surface area contributed by atoms with Gasteiger partial charge in [0, 0.05) is 12.1 Å². The van der Waals surface area contributed by atoms with Crippen LogP contribution in [0, 0.1) is 0 Å². The molecule has 1 aliphatic carbocycles. The van der Waals surface area contributed by atoms with Gasteiger partial charge in [-0.25, -0.2) is 13.1 Å². The Morgan fingerprint density at radius 1 is 1.33 bits per heavy atom. The quantitative estimate of drug-likeness (QED) is 0.642. The van der Waals surface area contributed by atoms with Crippen LogP contribution in [0.25, 0.3) is 0 Å². The van der Waals surface area contributed by atoms with E-state index in [2.05, 4.69) is 23.9 Å². The number of hydrogen-bond donors (Lipinski definition) is 2. The summed E-state index contributed by atoms with van der Waals surface area (Å²) < 4.78 is 25.8. The van der Waals surface area contributed by atoms with Crippen molar-refractivity contribution in [3.63, 3.8) is 0 Å². The molecule has 0 saturated heterocycles. The lowest BCUT2D eigenvalue weighted by Crippen LogP contribution is -2.41. The molecule has 1 rings (SSSR count). The Kier molecular flexibility index (Phi) is 5.02. The summed E-state index contributed by atoms with van der Waals surface area (Å²) in [5, 5.41) is 3.21. The summed E-state index contributed by atoms with van der Waals surface area (Å²) in [6.07, 6.45) is 3.84. The Balaban J connectivity index is 2.12. The molecule has 0 radical (unpaired) electrons. The minimum atomic E-state index is -3.03. The van der Waals surface area contributed by atoms with Gasteiger partial charge in [0.1, 0.15) is 0 Å². The second-order valence-corrected chi connectivity index (χ2v) is 6.40. The monoisotopic (exact) mass is 234 g/mol. The molecule has 1 aliphatic rings. The van der Waals surface area contributed by atoms with E-state index in [0.717, 1.165) is 25.8 Å². The maximum absolute atomic E-state index is 11.5. The molecule has 5 heteroatoms. The zero-order chi connectivity index (χ0) is 11.3. The minimum absolute atomic E-state index is 0.216. The first-order chi connectivity index (χ1) is 6.99. The SMILES string of the molecule is CC(C)NCCCS(=O)(=O)NC1CCC1. The molecule has 2 N–H and O–H groups in total. The predicted octanol–water partition coefficient (Wildman–Crippen LogP) is 0.846. The van der Waals surface area contributed by atoms with Gasteiger partial charge in [-0.1, -0.05) is 20.3 Å². The van der Waals surface area contributed by atoms with Gasteiger partial charge in [-0.3, -0.25) is 0 Å². The summed E-state index contributed by atoms with van der Waals surface area (Å²) in [5.74, 6) is 0.239. The molecule has 0 bridgehead atoms. The van der Waals surface area contributed by atoms with E-state index in [4.69, 9.17) is 0 Å². The van der Waals surface area contributed by atoms with E-state index in [1.165, 1.54) is 0 Å². The highest BCUT2D eigenvalue weighted by Gasteiger charge is 2.22. The number of nitrogens with one attached hydrogen (secondary N) is 2. The summed E-state index contributed by atoms with van der Waals surface area (Å²) in [7, 11) is -3.03. The third kappa shape index (κ3) is 5.49. The van der Waals surface area contributed by atoms with E-state index in [9.17, 15) is 8.42 Å². The molecule has 0 aromatic carbocycles. The Hall–Kier alpha value is -0.130.